The molecule has 0 saturated carbocycles. The smallest absolute Gasteiger partial charge is 0.410 e. The number of hydrogen-bond acceptors (Lipinski definition) is 4. The average molecular weight is 355 g/mol. The number of ether oxygens (including phenoxy) is 2. The number of amides is 1. The Bertz CT molecular complexity index is 684. The monoisotopic (exact) mass is 355 g/mol. The van der Waals surface area contributed by atoms with E-state index in [2.05, 4.69) is 0 Å². The quantitative estimate of drug-likeness (QED) is 0.863. The lowest BCUT2D eigenvalue weighted by atomic mass is 9.93. The van der Waals surface area contributed by atoms with Gasteiger partial charge >= 0.3 is 6.09 Å². The predicted molar refractivity (Wildman–Crippen MR) is 98.5 cm³/mol. The van der Waals surface area contributed by atoms with E-state index in [4.69, 9.17) is 9.47 Å². The Kier molecular flexibility index (Phi) is 6.26. The molecular formula is C21H25NO4. The molecule has 1 fully saturated rings. The molecule has 1 heterocycles. The Balaban J connectivity index is 1.67. The summed E-state index contributed by atoms with van der Waals surface area (Å²) in [5.74, 6) is 0. The first-order chi connectivity index (χ1) is 12.6. The second-order valence-electron chi connectivity index (χ2n) is 6.72. The molecule has 5 nitrogen and oxygen atoms in total. The topological polar surface area (TPSA) is 59.0 Å². The van der Waals surface area contributed by atoms with Crippen LogP contribution in [0.25, 0.3) is 0 Å². The SMILES string of the molecule is O=C(OCc1ccccc1)N(Cc1ccccc1)CC1(O)CCOCC1. The highest BCUT2D eigenvalue weighted by atomic mass is 16.6. The molecule has 1 N–H and O–H groups in total. The number of benzene rings is 2. The number of nitrogens with zero attached hydrogens (tertiary/aromatic N) is 1. The summed E-state index contributed by atoms with van der Waals surface area (Å²) in [5.41, 5.74) is 1.00. The molecule has 0 atom stereocenters. The van der Waals surface area contributed by atoms with Gasteiger partial charge in [0, 0.05) is 32.6 Å². The van der Waals surface area contributed by atoms with E-state index in [0.717, 1.165) is 11.1 Å². The predicted octanol–water partition coefficient (Wildman–Crippen LogP) is 3.37. The van der Waals surface area contributed by atoms with E-state index in [9.17, 15) is 9.90 Å². The van der Waals surface area contributed by atoms with Crippen molar-refractivity contribution in [3.05, 3.63) is 71.8 Å². The second-order valence-corrected chi connectivity index (χ2v) is 6.72. The van der Waals surface area contributed by atoms with E-state index in [1.54, 1.807) is 4.90 Å². The van der Waals surface area contributed by atoms with Crippen molar-refractivity contribution in [1.82, 2.24) is 4.90 Å². The highest BCUT2D eigenvalue weighted by Crippen LogP contribution is 2.23. The summed E-state index contributed by atoms with van der Waals surface area (Å²) in [5, 5.41) is 10.8. The lowest BCUT2D eigenvalue weighted by molar-refractivity contribution is -0.0791. The zero-order valence-electron chi connectivity index (χ0n) is 14.8. The van der Waals surface area contributed by atoms with Crippen molar-refractivity contribution in [1.29, 1.82) is 0 Å². The molecule has 1 aliphatic rings. The van der Waals surface area contributed by atoms with Crippen molar-refractivity contribution in [2.45, 2.75) is 31.6 Å². The fourth-order valence-electron chi connectivity index (χ4n) is 3.06. The van der Waals surface area contributed by atoms with Gasteiger partial charge < -0.3 is 19.5 Å². The van der Waals surface area contributed by atoms with Crippen LogP contribution in [0.15, 0.2) is 60.7 Å². The van der Waals surface area contributed by atoms with Gasteiger partial charge in [-0.1, -0.05) is 60.7 Å². The first-order valence-electron chi connectivity index (χ1n) is 8.94. The molecule has 1 amide bonds. The van der Waals surface area contributed by atoms with Crippen LogP contribution in [0.4, 0.5) is 4.79 Å². The van der Waals surface area contributed by atoms with E-state index in [1.807, 2.05) is 60.7 Å². The molecule has 0 aliphatic carbocycles. The molecule has 138 valence electrons. The van der Waals surface area contributed by atoms with Crippen molar-refractivity contribution >= 4 is 6.09 Å². The number of hydrogen-bond donors (Lipinski definition) is 1. The summed E-state index contributed by atoms with van der Waals surface area (Å²) in [6, 6.07) is 19.3. The van der Waals surface area contributed by atoms with Crippen LogP contribution >= 0.6 is 0 Å². The molecule has 1 aliphatic heterocycles. The van der Waals surface area contributed by atoms with Gasteiger partial charge in [0.1, 0.15) is 6.61 Å². The molecule has 0 bridgehead atoms. The van der Waals surface area contributed by atoms with Gasteiger partial charge in [0.2, 0.25) is 0 Å². The Labute approximate surface area is 154 Å². The summed E-state index contributed by atoms with van der Waals surface area (Å²) in [4.78, 5) is 14.3. The van der Waals surface area contributed by atoms with E-state index in [1.165, 1.54) is 0 Å². The highest BCUT2D eigenvalue weighted by Gasteiger charge is 2.34. The highest BCUT2D eigenvalue weighted by molar-refractivity contribution is 5.67. The first kappa shape index (κ1) is 18.4. The maximum Gasteiger partial charge on any atom is 0.410 e. The minimum absolute atomic E-state index is 0.215. The minimum atomic E-state index is -0.932. The summed E-state index contributed by atoms with van der Waals surface area (Å²) in [6.45, 7) is 1.87. The molecule has 3 rings (SSSR count). The van der Waals surface area contributed by atoms with Crippen LogP contribution in [-0.2, 0) is 22.6 Å². The lowest BCUT2D eigenvalue weighted by Gasteiger charge is -2.36. The molecule has 2 aromatic carbocycles. The van der Waals surface area contributed by atoms with Crippen molar-refractivity contribution < 1.29 is 19.4 Å². The van der Waals surface area contributed by atoms with Gasteiger partial charge in [0.05, 0.1) is 12.1 Å². The second kappa shape index (κ2) is 8.83. The van der Waals surface area contributed by atoms with Gasteiger partial charge in [0.15, 0.2) is 0 Å². The van der Waals surface area contributed by atoms with Crippen LogP contribution in [0.5, 0.6) is 0 Å². The van der Waals surface area contributed by atoms with Gasteiger partial charge in [-0.05, 0) is 11.1 Å². The normalized spacial score (nSPS) is 16.0. The number of aliphatic hydroxyl groups is 1. The Hall–Kier alpha value is -2.37. The third-order valence-electron chi connectivity index (χ3n) is 4.59. The zero-order valence-corrected chi connectivity index (χ0v) is 14.8. The van der Waals surface area contributed by atoms with Crippen LogP contribution in [0.3, 0.4) is 0 Å². The average Bonchev–Trinajstić information content (AvgIpc) is 2.67. The number of carbonyl (C=O) groups is 1. The lowest BCUT2D eigenvalue weighted by Crippen LogP contribution is -2.48. The maximum atomic E-state index is 12.7. The van der Waals surface area contributed by atoms with Crippen molar-refractivity contribution in [3.8, 4) is 0 Å². The van der Waals surface area contributed by atoms with Crippen molar-refractivity contribution in [2.75, 3.05) is 19.8 Å². The molecular weight excluding hydrogens is 330 g/mol. The molecule has 26 heavy (non-hydrogen) atoms. The summed E-state index contributed by atoms with van der Waals surface area (Å²) in [6.07, 6.45) is 0.617. The summed E-state index contributed by atoms with van der Waals surface area (Å²) < 4.78 is 10.8. The molecule has 0 spiro atoms. The Morgan fingerprint density at radius 3 is 2.19 bits per heavy atom. The Morgan fingerprint density at radius 2 is 1.58 bits per heavy atom. The van der Waals surface area contributed by atoms with E-state index in [0.29, 0.717) is 32.6 Å². The van der Waals surface area contributed by atoms with E-state index < -0.39 is 11.7 Å². The molecule has 5 heteroatoms. The van der Waals surface area contributed by atoms with Crippen LogP contribution < -0.4 is 0 Å². The van der Waals surface area contributed by atoms with Gasteiger partial charge in [0.25, 0.3) is 0 Å². The fraction of sp³-hybridized carbons (Fsp3) is 0.381. The van der Waals surface area contributed by atoms with Crippen LogP contribution in [0.2, 0.25) is 0 Å². The minimum Gasteiger partial charge on any atom is -0.445 e. The third kappa shape index (κ3) is 5.31. The van der Waals surface area contributed by atoms with E-state index >= 15 is 0 Å². The van der Waals surface area contributed by atoms with Crippen molar-refractivity contribution in [2.24, 2.45) is 0 Å². The molecule has 1 saturated heterocycles. The first-order valence-corrected chi connectivity index (χ1v) is 8.94. The molecule has 0 aromatic heterocycles. The fourth-order valence-corrected chi connectivity index (χ4v) is 3.06. The van der Waals surface area contributed by atoms with Crippen LogP contribution in [-0.4, -0.2) is 41.5 Å². The van der Waals surface area contributed by atoms with Crippen LogP contribution in [0.1, 0.15) is 24.0 Å². The summed E-state index contributed by atoms with van der Waals surface area (Å²) >= 11 is 0. The molecule has 0 unspecified atom stereocenters. The maximum absolute atomic E-state index is 12.7. The standard InChI is InChI=1S/C21H25NO4/c23-20(26-16-19-9-5-2-6-10-19)22(15-18-7-3-1-4-8-18)17-21(24)11-13-25-14-12-21/h1-10,24H,11-17H2. The molecule has 2 aromatic rings. The number of carbonyl (C=O) groups excluding carboxylic acids is 1. The van der Waals surface area contributed by atoms with Crippen molar-refractivity contribution in [3.63, 3.8) is 0 Å². The largest absolute Gasteiger partial charge is 0.445 e. The van der Waals surface area contributed by atoms with E-state index in [-0.39, 0.29) is 13.2 Å². The van der Waals surface area contributed by atoms with Crippen LogP contribution in [0, 0.1) is 0 Å². The third-order valence-corrected chi connectivity index (χ3v) is 4.59. The van der Waals surface area contributed by atoms with Gasteiger partial charge in [-0.3, -0.25) is 0 Å². The van der Waals surface area contributed by atoms with Gasteiger partial charge in [-0.15, -0.1) is 0 Å². The summed E-state index contributed by atoms with van der Waals surface area (Å²) in [7, 11) is 0. The zero-order chi connectivity index (χ0) is 18.2. The van der Waals surface area contributed by atoms with Gasteiger partial charge in [-0.2, -0.15) is 0 Å². The number of rotatable bonds is 6. The Morgan fingerprint density at radius 1 is 1.00 bits per heavy atom. The molecule has 0 radical (unpaired) electrons. The van der Waals surface area contributed by atoms with Gasteiger partial charge in [-0.25, -0.2) is 4.79 Å².